The van der Waals surface area contributed by atoms with E-state index in [1.165, 1.54) is 22.3 Å². The molecule has 0 fully saturated rings. The van der Waals surface area contributed by atoms with Crippen LogP contribution >= 0.6 is 0 Å². The summed E-state index contributed by atoms with van der Waals surface area (Å²) >= 11 is 0. The average molecular weight is 338 g/mol. The molecule has 1 amide bonds. The Morgan fingerprint density at radius 1 is 1.04 bits per heavy atom. The van der Waals surface area contributed by atoms with Gasteiger partial charge in [-0.15, -0.1) is 0 Å². The molecule has 0 aliphatic carbocycles. The van der Waals surface area contributed by atoms with Crippen LogP contribution in [0.1, 0.15) is 55.9 Å². The van der Waals surface area contributed by atoms with Gasteiger partial charge >= 0.3 is 0 Å². The Kier molecular flexibility index (Phi) is 6.41. The van der Waals surface area contributed by atoms with Crippen molar-refractivity contribution in [1.82, 2.24) is 5.32 Å². The number of benzene rings is 2. The quantitative estimate of drug-likeness (QED) is 0.747. The first-order valence-electron chi connectivity index (χ1n) is 9.19. The highest BCUT2D eigenvalue weighted by Crippen LogP contribution is 2.28. The van der Waals surface area contributed by atoms with Crippen molar-refractivity contribution in [2.24, 2.45) is 0 Å². The van der Waals surface area contributed by atoms with Crippen LogP contribution in [0.2, 0.25) is 0 Å². The van der Waals surface area contributed by atoms with E-state index < -0.39 is 0 Å². The van der Waals surface area contributed by atoms with Gasteiger partial charge in [-0.05, 0) is 61.3 Å². The second kappa shape index (κ2) is 8.33. The summed E-state index contributed by atoms with van der Waals surface area (Å²) in [5, 5.41) is 3.16. The highest BCUT2D eigenvalue weighted by atomic mass is 16.1. The van der Waals surface area contributed by atoms with Gasteiger partial charge in [0.05, 0.1) is 0 Å². The largest absolute Gasteiger partial charge is 0.354 e. The van der Waals surface area contributed by atoms with Crippen molar-refractivity contribution < 1.29 is 4.79 Å². The summed E-state index contributed by atoms with van der Waals surface area (Å²) in [6, 6.07) is 17.1. The van der Waals surface area contributed by atoms with Gasteiger partial charge in [0.1, 0.15) is 0 Å². The van der Waals surface area contributed by atoms with Gasteiger partial charge in [-0.1, -0.05) is 62.4 Å². The minimum atomic E-state index is 0.0437. The average Bonchev–Trinajstić information content (AvgIpc) is 2.56. The van der Waals surface area contributed by atoms with E-state index in [1.807, 2.05) is 6.07 Å². The predicted octanol–water partition coefficient (Wildman–Crippen LogP) is 5.11. The van der Waals surface area contributed by atoms with Crippen LogP contribution in [-0.2, 0) is 16.6 Å². The van der Waals surface area contributed by atoms with Crippen LogP contribution in [0.4, 0.5) is 0 Å². The summed E-state index contributed by atoms with van der Waals surface area (Å²) < 4.78 is 0. The van der Waals surface area contributed by atoms with Crippen molar-refractivity contribution in [3.05, 3.63) is 70.8 Å². The number of aryl methyl sites for hydroxylation is 3. The lowest BCUT2D eigenvalue weighted by atomic mass is 9.79. The highest BCUT2D eigenvalue weighted by Gasteiger charge is 2.23. The van der Waals surface area contributed by atoms with E-state index in [2.05, 4.69) is 82.4 Å². The monoisotopic (exact) mass is 337 g/mol. The van der Waals surface area contributed by atoms with Crippen molar-refractivity contribution in [2.45, 2.75) is 65.3 Å². The van der Waals surface area contributed by atoms with Gasteiger partial charge in [0, 0.05) is 12.5 Å². The van der Waals surface area contributed by atoms with Gasteiger partial charge in [-0.3, -0.25) is 4.79 Å². The maximum absolute atomic E-state index is 12.3. The zero-order valence-corrected chi connectivity index (χ0v) is 16.2. The first-order chi connectivity index (χ1) is 11.8. The number of rotatable bonds is 7. The van der Waals surface area contributed by atoms with Crippen molar-refractivity contribution >= 4 is 5.91 Å². The van der Waals surface area contributed by atoms with Crippen molar-refractivity contribution in [1.29, 1.82) is 0 Å². The molecule has 0 saturated carbocycles. The molecule has 0 bridgehead atoms. The zero-order valence-electron chi connectivity index (χ0n) is 16.2. The summed E-state index contributed by atoms with van der Waals surface area (Å²) in [4.78, 5) is 12.3. The molecule has 2 nitrogen and oxygen atoms in total. The highest BCUT2D eigenvalue weighted by molar-refractivity contribution is 5.76. The molecular formula is C23H31NO. The van der Waals surface area contributed by atoms with Gasteiger partial charge in [0.2, 0.25) is 5.91 Å². The van der Waals surface area contributed by atoms with Gasteiger partial charge in [-0.2, -0.15) is 0 Å². The van der Waals surface area contributed by atoms with Gasteiger partial charge in [0.15, 0.2) is 0 Å². The molecule has 0 spiro atoms. The van der Waals surface area contributed by atoms with E-state index in [1.54, 1.807) is 0 Å². The third kappa shape index (κ3) is 5.74. The van der Waals surface area contributed by atoms with Gasteiger partial charge in [0.25, 0.3) is 0 Å². The van der Waals surface area contributed by atoms with Crippen molar-refractivity contribution in [3.63, 3.8) is 0 Å². The number of hydrogen-bond acceptors (Lipinski definition) is 1. The molecule has 2 heteroatoms. The SMILES string of the molecule is Cc1ccc(CCC(=O)N[C@H](C)CC(C)(C)c2ccccc2)cc1C. The smallest absolute Gasteiger partial charge is 0.220 e. The molecule has 0 radical (unpaired) electrons. The number of carbonyl (C=O) groups excluding carboxylic acids is 1. The zero-order chi connectivity index (χ0) is 18.4. The van der Waals surface area contributed by atoms with Crippen molar-refractivity contribution in [2.75, 3.05) is 0 Å². The number of carbonyl (C=O) groups is 1. The third-order valence-corrected chi connectivity index (χ3v) is 4.99. The Labute approximate surface area is 152 Å². The Morgan fingerprint density at radius 3 is 2.36 bits per heavy atom. The fourth-order valence-electron chi connectivity index (χ4n) is 3.39. The Hall–Kier alpha value is -2.09. The van der Waals surface area contributed by atoms with E-state index in [0.29, 0.717) is 6.42 Å². The lowest BCUT2D eigenvalue weighted by molar-refractivity contribution is -0.121. The maximum Gasteiger partial charge on any atom is 0.220 e. The predicted molar refractivity (Wildman–Crippen MR) is 106 cm³/mol. The van der Waals surface area contributed by atoms with Crippen LogP contribution in [0.3, 0.4) is 0 Å². The molecule has 0 aliphatic heterocycles. The summed E-state index contributed by atoms with van der Waals surface area (Å²) in [5.74, 6) is 0.134. The molecule has 134 valence electrons. The molecular weight excluding hydrogens is 306 g/mol. The summed E-state index contributed by atoms with van der Waals surface area (Å²) in [5.41, 5.74) is 5.17. The van der Waals surface area contributed by atoms with Gasteiger partial charge < -0.3 is 5.32 Å². The molecule has 25 heavy (non-hydrogen) atoms. The molecule has 0 aliphatic rings. The summed E-state index contributed by atoms with van der Waals surface area (Å²) in [6.45, 7) is 10.8. The van der Waals surface area contributed by atoms with Crippen LogP contribution in [0, 0.1) is 13.8 Å². The minimum Gasteiger partial charge on any atom is -0.354 e. The maximum atomic E-state index is 12.3. The number of nitrogens with one attached hydrogen (secondary N) is 1. The molecule has 1 N–H and O–H groups in total. The fourth-order valence-corrected chi connectivity index (χ4v) is 3.39. The normalized spacial score (nSPS) is 12.7. The minimum absolute atomic E-state index is 0.0437. The number of hydrogen-bond donors (Lipinski definition) is 1. The first kappa shape index (κ1) is 19.2. The van der Waals surface area contributed by atoms with Gasteiger partial charge in [-0.25, -0.2) is 0 Å². The fraction of sp³-hybridized carbons (Fsp3) is 0.435. The second-order valence-corrected chi connectivity index (χ2v) is 7.84. The molecule has 0 heterocycles. The van der Waals surface area contributed by atoms with Crippen LogP contribution in [-0.4, -0.2) is 11.9 Å². The Balaban J connectivity index is 1.84. The van der Waals surface area contributed by atoms with Crippen LogP contribution in [0.25, 0.3) is 0 Å². The lowest BCUT2D eigenvalue weighted by Crippen LogP contribution is -2.37. The Bertz CT molecular complexity index is 703. The van der Waals surface area contributed by atoms with Crippen LogP contribution in [0.15, 0.2) is 48.5 Å². The van der Waals surface area contributed by atoms with Crippen LogP contribution in [0.5, 0.6) is 0 Å². The molecule has 1 atom stereocenters. The lowest BCUT2D eigenvalue weighted by Gasteiger charge is -2.29. The third-order valence-electron chi connectivity index (χ3n) is 4.99. The topological polar surface area (TPSA) is 29.1 Å². The molecule has 0 unspecified atom stereocenters. The van der Waals surface area contributed by atoms with E-state index in [0.717, 1.165) is 12.8 Å². The Morgan fingerprint density at radius 2 is 1.72 bits per heavy atom. The second-order valence-electron chi connectivity index (χ2n) is 7.84. The van der Waals surface area contributed by atoms with E-state index >= 15 is 0 Å². The molecule has 2 rings (SSSR count). The van der Waals surface area contributed by atoms with E-state index in [9.17, 15) is 4.79 Å². The summed E-state index contributed by atoms with van der Waals surface area (Å²) in [7, 11) is 0. The number of amides is 1. The molecule has 0 aromatic heterocycles. The standard InChI is InChI=1S/C23H31NO/c1-17-11-12-20(15-18(17)2)13-14-22(25)24-19(3)16-23(4,5)21-9-7-6-8-10-21/h6-12,15,19H,13-14,16H2,1-5H3,(H,24,25)/t19-/m1/s1. The van der Waals surface area contributed by atoms with Crippen molar-refractivity contribution in [3.8, 4) is 0 Å². The first-order valence-corrected chi connectivity index (χ1v) is 9.19. The van der Waals surface area contributed by atoms with Crippen LogP contribution < -0.4 is 5.32 Å². The van der Waals surface area contributed by atoms with E-state index in [4.69, 9.17) is 0 Å². The molecule has 2 aromatic carbocycles. The summed E-state index contributed by atoms with van der Waals surface area (Å²) in [6.07, 6.45) is 2.26. The van der Waals surface area contributed by atoms with E-state index in [-0.39, 0.29) is 17.4 Å². The molecule has 2 aromatic rings. The molecule has 0 saturated heterocycles.